The quantitative estimate of drug-likeness (QED) is 0.808. The standard InChI is InChI=1S/C14H18N2O2/c1-10-12(17)16(9-11-5-3-2-4-6-11)14(10)7-8-15-13(14)18/h2-6,10,12,17H,7-9H2,1H3,(H,15,18)/t10-,12?,14+/m0/s1. The number of aliphatic hydroxyl groups is 1. The summed E-state index contributed by atoms with van der Waals surface area (Å²) in [7, 11) is 0. The van der Waals surface area contributed by atoms with Gasteiger partial charge in [0.1, 0.15) is 11.8 Å². The molecule has 96 valence electrons. The Hall–Kier alpha value is -1.39. The van der Waals surface area contributed by atoms with Crippen molar-refractivity contribution in [2.75, 3.05) is 6.54 Å². The van der Waals surface area contributed by atoms with Crippen molar-refractivity contribution >= 4 is 5.91 Å². The number of hydrogen-bond acceptors (Lipinski definition) is 3. The van der Waals surface area contributed by atoms with Gasteiger partial charge in [0.05, 0.1) is 0 Å². The summed E-state index contributed by atoms with van der Waals surface area (Å²) in [4.78, 5) is 14.0. The van der Waals surface area contributed by atoms with Crippen molar-refractivity contribution in [3.8, 4) is 0 Å². The van der Waals surface area contributed by atoms with Gasteiger partial charge in [0.25, 0.3) is 0 Å². The van der Waals surface area contributed by atoms with E-state index >= 15 is 0 Å². The van der Waals surface area contributed by atoms with Gasteiger partial charge in [-0.2, -0.15) is 0 Å². The van der Waals surface area contributed by atoms with E-state index < -0.39 is 11.8 Å². The average molecular weight is 246 g/mol. The van der Waals surface area contributed by atoms with E-state index in [4.69, 9.17) is 0 Å². The molecule has 18 heavy (non-hydrogen) atoms. The fourth-order valence-electron chi connectivity index (χ4n) is 3.29. The van der Waals surface area contributed by atoms with E-state index in [1.165, 1.54) is 0 Å². The molecule has 2 N–H and O–H groups in total. The fraction of sp³-hybridized carbons (Fsp3) is 0.500. The summed E-state index contributed by atoms with van der Waals surface area (Å²) in [5, 5.41) is 13.0. The van der Waals surface area contributed by atoms with Gasteiger partial charge in [-0.1, -0.05) is 37.3 Å². The highest BCUT2D eigenvalue weighted by Gasteiger charge is 2.63. The lowest BCUT2D eigenvalue weighted by Gasteiger charge is -2.57. The molecule has 0 aliphatic carbocycles. The molecule has 2 fully saturated rings. The molecular formula is C14H18N2O2. The van der Waals surface area contributed by atoms with E-state index in [0.717, 1.165) is 12.0 Å². The summed E-state index contributed by atoms with van der Waals surface area (Å²) in [6.07, 6.45) is 0.269. The number of amides is 1. The number of carbonyl (C=O) groups excluding carboxylic acids is 1. The molecule has 1 aromatic carbocycles. The van der Waals surface area contributed by atoms with Crippen molar-refractivity contribution in [3.05, 3.63) is 35.9 Å². The first-order valence-corrected chi connectivity index (χ1v) is 6.43. The van der Waals surface area contributed by atoms with Crippen LogP contribution >= 0.6 is 0 Å². The number of nitrogens with one attached hydrogen (secondary N) is 1. The maximum absolute atomic E-state index is 12.1. The molecule has 4 nitrogen and oxygen atoms in total. The molecule has 1 amide bonds. The van der Waals surface area contributed by atoms with Gasteiger partial charge in [-0.25, -0.2) is 0 Å². The minimum atomic E-state index is -0.519. The molecule has 1 unspecified atom stereocenters. The van der Waals surface area contributed by atoms with Gasteiger partial charge in [-0.3, -0.25) is 9.69 Å². The van der Waals surface area contributed by atoms with Gasteiger partial charge in [-0.15, -0.1) is 0 Å². The second kappa shape index (κ2) is 4.07. The van der Waals surface area contributed by atoms with Gasteiger partial charge in [-0.05, 0) is 12.0 Å². The molecule has 2 aliphatic heterocycles. The van der Waals surface area contributed by atoms with E-state index in [1.807, 2.05) is 42.2 Å². The number of rotatable bonds is 2. The van der Waals surface area contributed by atoms with Crippen molar-refractivity contribution in [2.24, 2.45) is 5.92 Å². The summed E-state index contributed by atoms with van der Waals surface area (Å²) in [6.45, 7) is 3.29. The highest BCUT2D eigenvalue weighted by Crippen LogP contribution is 2.46. The van der Waals surface area contributed by atoms with Crippen molar-refractivity contribution < 1.29 is 9.90 Å². The second-order valence-corrected chi connectivity index (χ2v) is 5.25. The van der Waals surface area contributed by atoms with Crippen molar-refractivity contribution in [1.29, 1.82) is 0 Å². The zero-order valence-corrected chi connectivity index (χ0v) is 10.5. The predicted molar refractivity (Wildman–Crippen MR) is 67.5 cm³/mol. The average Bonchev–Trinajstić information content (AvgIpc) is 2.80. The molecule has 1 spiro atoms. The highest BCUT2D eigenvalue weighted by atomic mass is 16.3. The maximum Gasteiger partial charge on any atom is 0.241 e. The van der Waals surface area contributed by atoms with Crippen LogP contribution < -0.4 is 5.32 Å². The molecule has 2 saturated heterocycles. The summed E-state index contributed by atoms with van der Waals surface area (Å²) in [5.41, 5.74) is 0.637. The minimum Gasteiger partial charge on any atom is -0.378 e. The molecule has 1 aromatic rings. The number of carbonyl (C=O) groups is 1. The molecule has 3 atom stereocenters. The maximum atomic E-state index is 12.1. The van der Waals surface area contributed by atoms with Crippen LogP contribution in [-0.2, 0) is 11.3 Å². The number of likely N-dealkylation sites (tertiary alicyclic amines) is 1. The van der Waals surface area contributed by atoms with Gasteiger partial charge < -0.3 is 10.4 Å². The molecule has 0 bridgehead atoms. The van der Waals surface area contributed by atoms with Gasteiger partial charge in [0, 0.05) is 19.0 Å². The lowest BCUT2D eigenvalue weighted by Crippen LogP contribution is -2.74. The van der Waals surface area contributed by atoms with Crippen molar-refractivity contribution in [1.82, 2.24) is 10.2 Å². The monoisotopic (exact) mass is 246 g/mol. The Morgan fingerprint density at radius 2 is 2.17 bits per heavy atom. The van der Waals surface area contributed by atoms with Gasteiger partial charge >= 0.3 is 0 Å². The van der Waals surface area contributed by atoms with E-state index in [0.29, 0.717) is 13.1 Å². The van der Waals surface area contributed by atoms with E-state index in [9.17, 15) is 9.90 Å². The molecule has 3 rings (SSSR count). The topological polar surface area (TPSA) is 52.6 Å². The van der Waals surface area contributed by atoms with Crippen LogP contribution in [0.25, 0.3) is 0 Å². The Bertz CT molecular complexity index is 462. The first-order valence-electron chi connectivity index (χ1n) is 6.43. The molecule has 2 heterocycles. The van der Waals surface area contributed by atoms with Crippen LogP contribution in [0.5, 0.6) is 0 Å². The third-order valence-electron chi connectivity index (χ3n) is 4.41. The van der Waals surface area contributed by atoms with Crippen molar-refractivity contribution in [2.45, 2.75) is 31.7 Å². The summed E-state index contributed by atoms with van der Waals surface area (Å²) >= 11 is 0. The smallest absolute Gasteiger partial charge is 0.241 e. The third-order valence-corrected chi connectivity index (χ3v) is 4.41. The lowest BCUT2D eigenvalue weighted by atomic mass is 9.71. The normalized spacial score (nSPS) is 35.6. The predicted octanol–water partition coefficient (Wildman–Crippen LogP) is 0.715. The Kier molecular flexibility index (Phi) is 2.64. The van der Waals surface area contributed by atoms with Crippen molar-refractivity contribution in [3.63, 3.8) is 0 Å². The third kappa shape index (κ3) is 1.42. The number of aliphatic hydroxyl groups excluding tert-OH is 1. The largest absolute Gasteiger partial charge is 0.378 e. The highest BCUT2D eigenvalue weighted by molar-refractivity contribution is 5.90. The van der Waals surface area contributed by atoms with Gasteiger partial charge in [0.2, 0.25) is 5.91 Å². The second-order valence-electron chi connectivity index (χ2n) is 5.25. The Balaban J connectivity index is 1.85. The van der Waals surface area contributed by atoms with Gasteiger partial charge in [0.15, 0.2) is 0 Å². The Labute approximate surface area is 107 Å². The SMILES string of the molecule is C[C@H]1C(O)N(Cc2ccccc2)[C@]12CCNC2=O. The van der Waals surface area contributed by atoms with Crippen LogP contribution in [-0.4, -0.2) is 34.2 Å². The summed E-state index contributed by atoms with van der Waals surface area (Å²) < 4.78 is 0. The molecule has 4 heteroatoms. The molecule has 0 aromatic heterocycles. The van der Waals surface area contributed by atoms with Crippen LogP contribution in [0.15, 0.2) is 30.3 Å². The first-order chi connectivity index (χ1) is 8.66. The number of hydrogen-bond donors (Lipinski definition) is 2. The Morgan fingerprint density at radius 3 is 2.78 bits per heavy atom. The summed E-state index contributed by atoms with van der Waals surface area (Å²) in [6, 6.07) is 9.97. The molecular weight excluding hydrogens is 228 g/mol. The fourth-order valence-corrected chi connectivity index (χ4v) is 3.29. The van der Waals surface area contributed by atoms with Crippen LogP contribution in [0, 0.1) is 5.92 Å². The number of benzene rings is 1. The Morgan fingerprint density at radius 1 is 1.44 bits per heavy atom. The van der Waals surface area contributed by atoms with Crippen LogP contribution in [0.3, 0.4) is 0 Å². The minimum absolute atomic E-state index is 0.00344. The van der Waals surface area contributed by atoms with E-state index in [2.05, 4.69) is 5.32 Å². The molecule has 0 radical (unpaired) electrons. The molecule has 0 saturated carbocycles. The van der Waals surface area contributed by atoms with Crippen LogP contribution in [0.1, 0.15) is 18.9 Å². The van der Waals surface area contributed by atoms with Crippen LogP contribution in [0.4, 0.5) is 0 Å². The zero-order chi connectivity index (χ0) is 12.8. The molecule has 2 aliphatic rings. The van der Waals surface area contributed by atoms with E-state index in [1.54, 1.807) is 0 Å². The number of nitrogens with zero attached hydrogens (tertiary/aromatic N) is 1. The van der Waals surface area contributed by atoms with Crippen LogP contribution in [0.2, 0.25) is 0 Å². The lowest BCUT2D eigenvalue weighted by molar-refractivity contribution is -0.223. The summed E-state index contributed by atoms with van der Waals surface area (Å²) in [5.74, 6) is 0.0694. The zero-order valence-electron chi connectivity index (χ0n) is 10.5. The first kappa shape index (κ1) is 11.7. The van der Waals surface area contributed by atoms with E-state index in [-0.39, 0.29) is 11.8 Å².